The highest BCUT2D eigenvalue weighted by molar-refractivity contribution is 7.99. The normalized spacial score (nSPS) is 22.5. The largest absolute Gasteiger partial charge is 0.497 e. The molecule has 4 rings (SSSR count). The minimum Gasteiger partial charge on any atom is -0.497 e. The maximum absolute atomic E-state index is 12.9. The number of anilines is 1. The molecule has 2 aromatic carbocycles. The predicted octanol–water partition coefficient (Wildman–Crippen LogP) is 4.10. The van der Waals surface area contributed by atoms with E-state index in [0.717, 1.165) is 22.8 Å². The molecule has 0 spiro atoms. The Morgan fingerprint density at radius 1 is 1.16 bits per heavy atom. The Bertz CT molecular complexity index is 826. The number of thiocarbonyl (C=S) groups is 1. The van der Waals surface area contributed by atoms with E-state index in [-0.39, 0.29) is 17.3 Å². The molecule has 2 heterocycles. The summed E-state index contributed by atoms with van der Waals surface area (Å²) >= 11 is 13.3. The summed E-state index contributed by atoms with van der Waals surface area (Å²) in [5.41, 5.74) is 1.87. The number of nitrogens with zero attached hydrogens (tertiary/aromatic N) is 2. The lowest BCUT2D eigenvalue weighted by atomic mass is 10.2. The van der Waals surface area contributed by atoms with Gasteiger partial charge in [0.15, 0.2) is 5.11 Å². The Kier molecular flexibility index (Phi) is 4.35. The van der Waals surface area contributed by atoms with Gasteiger partial charge in [-0.1, -0.05) is 23.7 Å². The van der Waals surface area contributed by atoms with Crippen molar-refractivity contribution in [3.63, 3.8) is 0 Å². The number of rotatable bonds is 3. The predicted molar refractivity (Wildman–Crippen MR) is 105 cm³/mol. The molecule has 2 aromatic rings. The van der Waals surface area contributed by atoms with Crippen LogP contribution in [0.5, 0.6) is 5.75 Å². The Morgan fingerprint density at radius 3 is 2.48 bits per heavy atom. The third-order valence-corrected chi connectivity index (χ3v) is 6.37. The standard InChI is InChI=1S/C18H15ClN2O2S2/c1-23-14-8-2-11(3-9-14)17-21-15(10-25-17)16(22)20(18(21)24)13-6-4-12(19)5-7-13/h2-9,15,17H,10H2,1H3/t15-,17?/m0/s1. The molecule has 0 aromatic heterocycles. The number of hydrogen-bond donors (Lipinski definition) is 0. The molecule has 0 saturated carbocycles. The van der Waals surface area contributed by atoms with E-state index in [0.29, 0.717) is 10.1 Å². The highest BCUT2D eigenvalue weighted by Gasteiger charge is 2.50. The Labute approximate surface area is 160 Å². The summed E-state index contributed by atoms with van der Waals surface area (Å²) in [7, 11) is 1.65. The van der Waals surface area contributed by atoms with Crippen molar-refractivity contribution < 1.29 is 9.53 Å². The molecule has 0 radical (unpaired) electrons. The zero-order valence-electron chi connectivity index (χ0n) is 13.4. The van der Waals surface area contributed by atoms with E-state index < -0.39 is 0 Å². The second-order valence-corrected chi connectivity index (χ2v) is 7.73. The molecule has 2 saturated heterocycles. The summed E-state index contributed by atoms with van der Waals surface area (Å²) in [4.78, 5) is 16.5. The topological polar surface area (TPSA) is 32.8 Å². The number of carbonyl (C=O) groups is 1. The molecule has 2 aliphatic rings. The SMILES string of the molecule is COc1ccc(C2SC[C@H]3C(=O)N(c4ccc(Cl)cc4)C(=S)N23)cc1. The van der Waals surface area contributed by atoms with Crippen molar-refractivity contribution in [2.24, 2.45) is 0 Å². The van der Waals surface area contributed by atoms with Gasteiger partial charge in [-0.05, 0) is 54.2 Å². The van der Waals surface area contributed by atoms with E-state index in [1.165, 1.54) is 0 Å². The second-order valence-electron chi connectivity index (χ2n) is 5.81. The molecular weight excluding hydrogens is 376 g/mol. The highest BCUT2D eigenvalue weighted by Crippen LogP contribution is 2.46. The molecule has 2 fully saturated rings. The maximum atomic E-state index is 12.9. The third kappa shape index (κ3) is 2.78. The van der Waals surface area contributed by atoms with E-state index in [2.05, 4.69) is 0 Å². The molecule has 0 bridgehead atoms. The molecule has 2 atom stereocenters. The van der Waals surface area contributed by atoms with Crippen LogP contribution in [-0.2, 0) is 4.79 Å². The van der Waals surface area contributed by atoms with Gasteiger partial charge < -0.3 is 9.64 Å². The number of hydrogen-bond acceptors (Lipinski definition) is 4. The number of fused-ring (bicyclic) bond motifs is 1. The number of methoxy groups -OCH3 is 1. The lowest BCUT2D eigenvalue weighted by Gasteiger charge is -2.25. The van der Waals surface area contributed by atoms with Gasteiger partial charge in [0.25, 0.3) is 5.91 Å². The zero-order chi connectivity index (χ0) is 17.6. The number of amides is 1. The zero-order valence-corrected chi connectivity index (χ0v) is 15.8. The van der Waals surface area contributed by atoms with Crippen molar-refractivity contribution in [3.05, 3.63) is 59.1 Å². The van der Waals surface area contributed by atoms with Crippen molar-refractivity contribution >= 4 is 52.3 Å². The van der Waals surface area contributed by atoms with Gasteiger partial charge in [-0.2, -0.15) is 0 Å². The Balaban J connectivity index is 1.65. The van der Waals surface area contributed by atoms with Crippen LogP contribution in [0, 0.1) is 0 Å². The maximum Gasteiger partial charge on any atom is 0.257 e. The smallest absolute Gasteiger partial charge is 0.257 e. The van der Waals surface area contributed by atoms with Crippen LogP contribution in [0.25, 0.3) is 0 Å². The molecule has 4 nitrogen and oxygen atoms in total. The number of thioether (sulfide) groups is 1. The van der Waals surface area contributed by atoms with Crippen LogP contribution in [0.2, 0.25) is 5.02 Å². The van der Waals surface area contributed by atoms with Crippen molar-refractivity contribution in [2.45, 2.75) is 11.4 Å². The quantitative estimate of drug-likeness (QED) is 0.737. The number of benzene rings is 2. The van der Waals surface area contributed by atoms with Crippen LogP contribution in [0.4, 0.5) is 5.69 Å². The summed E-state index contributed by atoms with van der Waals surface area (Å²) in [6.07, 6.45) is 0. The number of ether oxygens (including phenoxy) is 1. The first-order chi connectivity index (χ1) is 12.1. The van der Waals surface area contributed by atoms with Crippen LogP contribution < -0.4 is 9.64 Å². The number of halogens is 1. The van der Waals surface area contributed by atoms with Crippen LogP contribution in [0.15, 0.2) is 48.5 Å². The minimum atomic E-state index is -0.222. The fourth-order valence-electron chi connectivity index (χ4n) is 3.14. The van der Waals surface area contributed by atoms with Gasteiger partial charge in [-0.15, -0.1) is 11.8 Å². The molecule has 2 aliphatic heterocycles. The van der Waals surface area contributed by atoms with Crippen molar-refractivity contribution in [1.29, 1.82) is 0 Å². The van der Waals surface area contributed by atoms with Gasteiger partial charge in [-0.25, -0.2) is 0 Å². The van der Waals surface area contributed by atoms with Gasteiger partial charge in [-0.3, -0.25) is 9.69 Å². The monoisotopic (exact) mass is 390 g/mol. The lowest BCUT2D eigenvalue weighted by molar-refractivity contribution is -0.119. The van der Waals surface area contributed by atoms with Crippen molar-refractivity contribution in [3.8, 4) is 5.75 Å². The molecule has 1 unspecified atom stereocenters. The average Bonchev–Trinajstić information content (AvgIpc) is 3.17. The minimum absolute atomic E-state index is 0.0239. The van der Waals surface area contributed by atoms with Gasteiger partial charge >= 0.3 is 0 Å². The van der Waals surface area contributed by atoms with Gasteiger partial charge in [0.1, 0.15) is 17.2 Å². The van der Waals surface area contributed by atoms with E-state index in [4.69, 9.17) is 28.6 Å². The first-order valence-corrected chi connectivity index (χ1v) is 9.61. The molecule has 0 N–H and O–H groups in total. The summed E-state index contributed by atoms with van der Waals surface area (Å²) < 4.78 is 5.22. The number of carbonyl (C=O) groups excluding carboxylic acids is 1. The first-order valence-electron chi connectivity index (χ1n) is 7.77. The van der Waals surface area contributed by atoms with Crippen LogP contribution in [-0.4, -0.2) is 34.8 Å². The average molecular weight is 391 g/mol. The van der Waals surface area contributed by atoms with Crippen LogP contribution in [0.3, 0.4) is 0 Å². The van der Waals surface area contributed by atoms with E-state index in [1.807, 2.05) is 41.3 Å². The van der Waals surface area contributed by atoms with Crippen molar-refractivity contribution in [2.75, 3.05) is 17.8 Å². The molecule has 7 heteroatoms. The lowest BCUT2D eigenvalue weighted by Crippen LogP contribution is -2.33. The first kappa shape index (κ1) is 16.7. The molecular formula is C18H15ClN2O2S2. The fourth-order valence-corrected chi connectivity index (χ4v) is 5.19. The van der Waals surface area contributed by atoms with Gasteiger partial charge in [0.2, 0.25) is 0 Å². The van der Waals surface area contributed by atoms with Crippen LogP contribution >= 0.6 is 35.6 Å². The fraction of sp³-hybridized carbons (Fsp3) is 0.222. The van der Waals surface area contributed by atoms with E-state index in [9.17, 15) is 4.79 Å². The summed E-state index contributed by atoms with van der Waals surface area (Å²) in [6, 6.07) is 14.9. The van der Waals surface area contributed by atoms with Crippen molar-refractivity contribution in [1.82, 2.24) is 4.90 Å². The molecule has 0 aliphatic carbocycles. The summed E-state index contributed by atoms with van der Waals surface area (Å²) in [5, 5.41) is 1.21. The Hall–Kier alpha value is -1.76. The Morgan fingerprint density at radius 2 is 1.84 bits per heavy atom. The molecule has 1 amide bonds. The van der Waals surface area contributed by atoms with E-state index >= 15 is 0 Å². The molecule has 128 valence electrons. The third-order valence-electron chi connectivity index (χ3n) is 4.40. The van der Waals surface area contributed by atoms with Gasteiger partial charge in [0.05, 0.1) is 12.8 Å². The van der Waals surface area contributed by atoms with Crippen LogP contribution in [0.1, 0.15) is 10.9 Å². The second kappa shape index (κ2) is 6.52. The van der Waals surface area contributed by atoms with Gasteiger partial charge in [0, 0.05) is 10.8 Å². The highest BCUT2D eigenvalue weighted by atomic mass is 35.5. The summed E-state index contributed by atoms with van der Waals surface area (Å²) in [6.45, 7) is 0. The summed E-state index contributed by atoms with van der Waals surface area (Å²) in [5.74, 6) is 1.56. The van der Waals surface area contributed by atoms with E-state index in [1.54, 1.807) is 35.9 Å². The molecule has 25 heavy (non-hydrogen) atoms.